The Bertz CT molecular complexity index is 1670. The summed E-state index contributed by atoms with van der Waals surface area (Å²) in [6.45, 7) is 5.03. The lowest BCUT2D eigenvalue weighted by Crippen LogP contribution is -2.25. The van der Waals surface area contributed by atoms with Gasteiger partial charge in [-0.1, -0.05) is 18.2 Å². The lowest BCUT2D eigenvalue weighted by molar-refractivity contribution is 0.268. The van der Waals surface area contributed by atoms with Crippen LogP contribution in [0.3, 0.4) is 0 Å². The van der Waals surface area contributed by atoms with Crippen molar-refractivity contribution in [3.8, 4) is 34.3 Å². The van der Waals surface area contributed by atoms with Crippen molar-refractivity contribution in [3.05, 3.63) is 78.1 Å². The quantitative estimate of drug-likeness (QED) is 0.316. The molecular formula is C28H24F2N6O2. The van der Waals surface area contributed by atoms with Gasteiger partial charge < -0.3 is 15.2 Å². The molecule has 0 radical (unpaired) electrons. The van der Waals surface area contributed by atoms with Crippen molar-refractivity contribution in [1.82, 2.24) is 24.5 Å². The van der Waals surface area contributed by atoms with Gasteiger partial charge in [-0.3, -0.25) is 9.55 Å². The Kier molecular flexibility index (Phi) is 5.67. The molecular weight excluding hydrogens is 490 g/mol. The average Bonchev–Trinajstić information content (AvgIpc) is 3.42. The number of aromatic nitrogens is 5. The van der Waals surface area contributed by atoms with Gasteiger partial charge in [-0.25, -0.2) is 18.7 Å². The normalized spacial score (nSPS) is 13.9. The monoisotopic (exact) mass is 514 g/mol. The fourth-order valence-corrected chi connectivity index (χ4v) is 4.60. The van der Waals surface area contributed by atoms with Gasteiger partial charge in [0.25, 0.3) is 6.01 Å². The summed E-state index contributed by atoms with van der Waals surface area (Å²) in [7, 11) is 0. The first kappa shape index (κ1) is 23.8. The van der Waals surface area contributed by atoms with Crippen LogP contribution in [0, 0.1) is 11.6 Å². The third-order valence-corrected chi connectivity index (χ3v) is 6.52. The standard InChI is InChI=1S/C28H24F2N6O2/c1-28(2)15-38-27-33-23-25(34-24(35-26(23)36(27)28)18-12-20(30)14-31-13-18)32-10-9-16-3-8-22(37)21(11-16)17-4-6-19(29)7-5-17/h3-8,11-14,37H,9-10,15H2,1-2H3,(H,32,34,35). The van der Waals surface area contributed by atoms with Gasteiger partial charge in [-0.2, -0.15) is 4.98 Å². The van der Waals surface area contributed by atoms with Gasteiger partial charge in [0.2, 0.25) is 0 Å². The van der Waals surface area contributed by atoms with E-state index < -0.39 is 5.82 Å². The molecule has 8 nitrogen and oxygen atoms in total. The van der Waals surface area contributed by atoms with Gasteiger partial charge in [0.15, 0.2) is 22.8 Å². The number of phenols is 1. The van der Waals surface area contributed by atoms with Crippen LogP contribution in [0.5, 0.6) is 11.8 Å². The van der Waals surface area contributed by atoms with Crippen molar-refractivity contribution >= 4 is 17.0 Å². The maximum atomic E-state index is 13.9. The number of anilines is 1. The van der Waals surface area contributed by atoms with E-state index in [0.29, 0.717) is 59.5 Å². The lowest BCUT2D eigenvalue weighted by atomic mass is 10.0. The summed E-state index contributed by atoms with van der Waals surface area (Å²) in [4.78, 5) is 17.9. The van der Waals surface area contributed by atoms with E-state index in [4.69, 9.17) is 9.72 Å². The molecule has 10 heteroatoms. The summed E-state index contributed by atoms with van der Waals surface area (Å²) in [6.07, 6.45) is 3.25. The second-order valence-electron chi connectivity index (χ2n) is 9.83. The van der Waals surface area contributed by atoms with E-state index in [2.05, 4.69) is 20.3 Å². The third-order valence-electron chi connectivity index (χ3n) is 6.52. The van der Waals surface area contributed by atoms with E-state index >= 15 is 0 Å². The average molecular weight is 515 g/mol. The number of hydrogen-bond donors (Lipinski definition) is 2. The first-order valence-corrected chi connectivity index (χ1v) is 12.1. The van der Waals surface area contributed by atoms with E-state index in [-0.39, 0.29) is 17.1 Å². The first-order valence-electron chi connectivity index (χ1n) is 12.1. The summed E-state index contributed by atoms with van der Waals surface area (Å²) in [5, 5.41) is 13.7. The van der Waals surface area contributed by atoms with Crippen LogP contribution in [0.25, 0.3) is 33.7 Å². The fraction of sp³-hybridized carbons (Fsp3) is 0.214. The molecule has 4 heterocycles. The second kappa shape index (κ2) is 9.05. The number of halogens is 2. The Balaban J connectivity index is 1.32. The minimum Gasteiger partial charge on any atom is -0.507 e. The molecule has 0 atom stereocenters. The molecule has 38 heavy (non-hydrogen) atoms. The first-order chi connectivity index (χ1) is 18.3. The number of aromatic hydroxyl groups is 1. The van der Waals surface area contributed by atoms with Crippen molar-refractivity contribution in [2.45, 2.75) is 25.8 Å². The zero-order chi connectivity index (χ0) is 26.4. The van der Waals surface area contributed by atoms with E-state index in [1.807, 2.05) is 30.5 Å². The zero-order valence-corrected chi connectivity index (χ0v) is 20.7. The van der Waals surface area contributed by atoms with Crippen molar-refractivity contribution in [1.29, 1.82) is 0 Å². The molecule has 3 aromatic heterocycles. The van der Waals surface area contributed by atoms with E-state index in [0.717, 1.165) is 17.3 Å². The van der Waals surface area contributed by atoms with Crippen molar-refractivity contribution in [2.75, 3.05) is 18.5 Å². The minimum atomic E-state index is -0.479. The number of fused-ring (bicyclic) bond motifs is 3. The largest absolute Gasteiger partial charge is 0.507 e. The molecule has 1 aliphatic rings. The SMILES string of the molecule is CC1(C)COc2nc3c(NCCc4ccc(O)c(-c5ccc(F)cc5)c4)nc(-c4cncc(F)c4)nc3n21. The van der Waals surface area contributed by atoms with Gasteiger partial charge in [0, 0.05) is 23.9 Å². The summed E-state index contributed by atoms with van der Waals surface area (Å²) >= 11 is 0. The van der Waals surface area contributed by atoms with Crippen LogP contribution in [0.2, 0.25) is 0 Å². The minimum absolute atomic E-state index is 0.120. The number of imidazole rings is 1. The van der Waals surface area contributed by atoms with Gasteiger partial charge in [0.1, 0.15) is 24.0 Å². The maximum absolute atomic E-state index is 13.9. The van der Waals surface area contributed by atoms with Crippen molar-refractivity contribution in [3.63, 3.8) is 0 Å². The Labute approximate surface area is 217 Å². The molecule has 0 amide bonds. The smallest absolute Gasteiger partial charge is 0.299 e. The predicted molar refractivity (Wildman–Crippen MR) is 139 cm³/mol. The molecule has 6 rings (SSSR count). The molecule has 0 bridgehead atoms. The van der Waals surface area contributed by atoms with Crippen LogP contribution in [0.4, 0.5) is 14.6 Å². The number of ether oxygens (including phenoxy) is 1. The number of nitrogens with zero attached hydrogens (tertiary/aromatic N) is 5. The molecule has 0 aliphatic carbocycles. The molecule has 1 aliphatic heterocycles. The maximum Gasteiger partial charge on any atom is 0.299 e. The van der Waals surface area contributed by atoms with Crippen LogP contribution < -0.4 is 10.1 Å². The number of hydrogen-bond acceptors (Lipinski definition) is 7. The molecule has 5 aromatic rings. The number of pyridine rings is 1. The second-order valence-corrected chi connectivity index (χ2v) is 9.83. The van der Waals surface area contributed by atoms with Crippen LogP contribution in [-0.2, 0) is 12.0 Å². The van der Waals surface area contributed by atoms with Crippen LogP contribution in [0.15, 0.2) is 60.9 Å². The summed E-state index contributed by atoms with van der Waals surface area (Å²) in [6, 6.07) is 13.1. The van der Waals surface area contributed by atoms with Crippen molar-refractivity contribution < 1.29 is 18.6 Å². The van der Waals surface area contributed by atoms with E-state index in [1.165, 1.54) is 24.4 Å². The van der Waals surface area contributed by atoms with E-state index in [9.17, 15) is 13.9 Å². The van der Waals surface area contributed by atoms with Crippen LogP contribution >= 0.6 is 0 Å². The predicted octanol–water partition coefficient (Wildman–Crippen LogP) is 5.32. The van der Waals surface area contributed by atoms with Gasteiger partial charge in [-0.05, 0) is 61.7 Å². The highest BCUT2D eigenvalue weighted by Gasteiger charge is 2.36. The molecule has 0 spiro atoms. The lowest BCUT2D eigenvalue weighted by Gasteiger charge is -2.18. The van der Waals surface area contributed by atoms with Crippen LogP contribution in [0.1, 0.15) is 19.4 Å². The molecule has 0 fully saturated rings. The molecule has 192 valence electrons. The Morgan fingerprint density at radius 3 is 2.58 bits per heavy atom. The number of benzene rings is 2. The van der Waals surface area contributed by atoms with E-state index in [1.54, 1.807) is 18.2 Å². The number of rotatable bonds is 6. The highest BCUT2D eigenvalue weighted by atomic mass is 19.1. The Hall–Kier alpha value is -4.60. The van der Waals surface area contributed by atoms with Crippen molar-refractivity contribution in [2.24, 2.45) is 0 Å². The molecule has 0 unspecified atom stereocenters. The third kappa shape index (κ3) is 4.27. The van der Waals surface area contributed by atoms with Crippen LogP contribution in [-0.4, -0.2) is 42.8 Å². The summed E-state index contributed by atoms with van der Waals surface area (Å²) < 4.78 is 35.0. The summed E-state index contributed by atoms with van der Waals surface area (Å²) in [5.74, 6) is 0.118. The van der Waals surface area contributed by atoms with Gasteiger partial charge in [-0.15, -0.1) is 0 Å². The molecule has 0 saturated carbocycles. The number of nitrogens with one attached hydrogen (secondary N) is 1. The highest BCUT2D eigenvalue weighted by molar-refractivity contribution is 5.86. The Morgan fingerprint density at radius 2 is 1.79 bits per heavy atom. The highest BCUT2D eigenvalue weighted by Crippen LogP contribution is 2.37. The summed E-state index contributed by atoms with van der Waals surface area (Å²) in [5.41, 5.74) is 3.53. The zero-order valence-electron chi connectivity index (χ0n) is 20.7. The number of phenolic OH excluding ortho intramolecular Hbond substituents is 1. The molecule has 0 saturated heterocycles. The van der Waals surface area contributed by atoms with Gasteiger partial charge in [0.05, 0.1) is 11.7 Å². The topological polar surface area (TPSA) is 98.0 Å². The fourth-order valence-electron chi connectivity index (χ4n) is 4.60. The van der Waals surface area contributed by atoms with Gasteiger partial charge >= 0.3 is 0 Å². The molecule has 2 N–H and O–H groups in total. The molecule has 2 aromatic carbocycles. The Morgan fingerprint density at radius 1 is 0.974 bits per heavy atom.